The van der Waals surface area contributed by atoms with E-state index in [9.17, 15) is 14.8 Å². The van der Waals surface area contributed by atoms with E-state index >= 15 is 0 Å². The highest BCUT2D eigenvalue weighted by Gasteiger charge is 2.27. The number of amides is 1. The predicted octanol–water partition coefficient (Wildman–Crippen LogP) is 2.00. The fourth-order valence-electron chi connectivity index (χ4n) is 2.03. The van der Waals surface area contributed by atoms with Gasteiger partial charge in [0.05, 0.1) is 5.69 Å². The first kappa shape index (κ1) is 13.4. The van der Waals surface area contributed by atoms with Crippen LogP contribution >= 0.6 is 0 Å². The third-order valence-electron chi connectivity index (χ3n) is 3.27. The molecule has 1 aromatic heterocycles. The van der Waals surface area contributed by atoms with Gasteiger partial charge in [-0.2, -0.15) is 0 Å². The quantitative estimate of drug-likeness (QED) is 0.748. The van der Waals surface area contributed by atoms with Crippen molar-refractivity contribution >= 4 is 11.6 Å². The maximum Gasteiger partial charge on any atom is 0.351 e. The molecule has 3 N–H and O–H groups in total. The minimum absolute atomic E-state index is 0.0308. The molecule has 0 radical (unpaired) electrons. The Bertz CT molecular complexity index is 720. The first-order valence-corrected chi connectivity index (χ1v) is 6.63. The molecule has 6 heteroatoms. The van der Waals surface area contributed by atoms with Gasteiger partial charge in [0, 0.05) is 17.7 Å². The van der Waals surface area contributed by atoms with Gasteiger partial charge in [-0.3, -0.25) is 15.5 Å². The normalized spacial score (nSPS) is 13.8. The summed E-state index contributed by atoms with van der Waals surface area (Å²) in [6.07, 6.45) is 1.81. The molecular weight excluding hydrogens is 272 g/mol. The summed E-state index contributed by atoms with van der Waals surface area (Å²) in [5.41, 5.74) is 1.61. The topological polar surface area (TPSA) is 91.6 Å². The van der Waals surface area contributed by atoms with Crippen molar-refractivity contribution in [1.82, 2.24) is 5.32 Å². The van der Waals surface area contributed by atoms with Crippen molar-refractivity contribution in [3.63, 3.8) is 0 Å². The molecule has 0 unspecified atom stereocenters. The first-order valence-electron chi connectivity index (χ1n) is 6.63. The number of nitrogens with one attached hydrogen (secondary N) is 2. The summed E-state index contributed by atoms with van der Waals surface area (Å²) in [7, 11) is 0. The first-order chi connectivity index (χ1) is 10.2. The van der Waals surface area contributed by atoms with Crippen LogP contribution in [0.1, 0.15) is 23.2 Å². The van der Waals surface area contributed by atoms with E-state index in [4.69, 9.17) is 4.42 Å². The fraction of sp³-hybridized carbons (Fsp3) is 0.200. The van der Waals surface area contributed by atoms with Gasteiger partial charge in [-0.05, 0) is 12.8 Å². The van der Waals surface area contributed by atoms with Crippen LogP contribution in [0.25, 0.3) is 11.3 Å². The molecule has 108 valence electrons. The third-order valence-corrected chi connectivity index (χ3v) is 3.27. The average molecular weight is 286 g/mol. The van der Waals surface area contributed by atoms with Crippen molar-refractivity contribution in [3.05, 3.63) is 52.4 Å². The van der Waals surface area contributed by atoms with Gasteiger partial charge in [-0.15, -0.1) is 0 Å². The summed E-state index contributed by atoms with van der Waals surface area (Å²) in [6, 6.07) is 10.5. The molecule has 1 saturated carbocycles. The molecule has 1 aliphatic rings. The van der Waals surface area contributed by atoms with Crippen LogP contribution in [0.5, 0.6) is 0 Å². The minimum atomic E-state index is -0.786. The number of hydrogen-bond donors (Lipinski definition) is 3. The zero-order chi connectivity index (χ0) is 14.8. The summed E-state index contributed by atoms with van der Waals surface area (Å²) in [4.78, 5) is 24.1. The van der Waals surface area contributed by atoms with Crippen LogP contribution in [0.2, 0.25) is 0 Å². The third kappa shape index (κ3) is 2.80. The summed E-state index contributed by atoms with van der Waals surface area (Å²) in [5, 5.41) is 11.9. The van der Waals surface area contributed by atoms with E-state index in [-0.39, 0.29) is 23.1 Å². The van der Waals surface area contributed by atoms with Gasteiger partial charge in [0.25, 0.3) is 5.91 Å². The molecule has 1 heterocycles. The number of carbonyl (C=O) groups is 1. The molecular formula is C15H14N2O4. The molecule has 3 rings (SSSR count). The Hall–Kier alpha value is -2.60. The molecule has 0 atom stereocenters. The Kier molecular flexibility index (Phi) is 3.45. The molecule has 1 fully saturated rings. The molecule has 1 aromatic carbocycles. The molecule has 0 saturated heterocycles. The highest BCUT2D eigenvalue weighted by molar-refractivity contribution is 5.99. The van der Waals surface area contributed by atoms with Crippen LogP contribution in [-0.4, -0.2) is 17.2 Å². The van der Waals surface area contributed by atoms with Gasteiger partial charge in [0.1, 0.15) is 5.76 Å². The number of carbonyl (C=O) groups excluding carboxylic acids is 1. The summed E-state index contributed by atoms with van der Waals surface area (Å²) >= 11 is 0. The molecule has 2 aromatic rings. The lowest BCUT2D eigenvalue weighted by Crippen LogP contribution is -2.31. The minimum Gasteiger partial charge on any atom is -0.422 e. The van der Waals surface area contributed by atoms with Crippen LogP contribution in [0.15, 0.2) is 45.6 Å². The van der Waals surface area contributed by atoms with Crippen molar-refractivity contribution in [2.24, 2.45) is 0 Å². The second kappa shape index (κ2) is 5.41. The maximum atomic E-state index is 12.1. The lowest BCUT2D eigenvalue weighted by Gasteiger charge is -2.09. The van der Waals surface area contributed by atoms with Gasteiger partial charge in [0.15, 0.2) is 5.56 Å². The van der Waals surface area contributed by atoms with Crippen LogP contribution in [-0.2, 0) is 0 Å². The largest absolute Gasteiger partial charge is 0.422 e. The molecule has 0 aliphatic heterocycles. The van der Waals surface area contributed by atoms with Crippen molar-refractivity contribution in [2.45, 2.75) is 18.9 Å². The second-order valence-corrected chi connectivity index (χ2v) is 4.91. The van der Waals surface area contributed by atoms with E-state index < -0.39 is 11.5 Å². The van der Waals surface area contributed by atoms with Crippen LogP contribution in [0.4, 0.5) is 5.69 Å². The Morgan fingerprint density at radius 3 is 2.57 bits per heavy atom. The van der Waals surface area contributed by atoms with E-state index in [0.29, 0.717) is 5.56 Å². The van der Waals surface area contributed by atoms with Gasteiger partial charge in [-0.25, -0.2) is 4.79 Å². The fourth-order valence-corrected chi connectivity index (χ4v) is 2.03. The lowest BCUT2D eigenvalue weighted by atomic mass is 10.1. The number of rotatable bonds is 4. The zero-order valence-electron chi connectivity index (χ0n) is 11.1. The molecule has 1 aliphatic carbocycles. The number of hydrogen-bond acceptors (Lipinski definition) is 5. The summed E-state index contributed by atoms with van der Waals surface area (Å²) in [5.74, 6) is -0.262. The SMILES string of the molecule is O=C(NC1CC1)c1c(NO)cc(-c2ccccc2)oc1=O. The number of anilines is 1. The highest BCUT2D eigenvalue weighted by atomic mass is 16.5. The lowest BCUT2D eigenvalue weighted by molar-refractivity contribution is 0.0947. The van der Waals surface area contributed by atoms with E-state index in [0.717, 1.165) is 12.8 Å². The molecule has 1 amide bonds. The van der Waals surface area contributed by atoms with Crippen molar-refractivity contribution < 1.29 is 14.4 Å². The van der Waals surface area contributed by atoms with Crippen molar-refractivity contribution in [2.75, 3.05) is 5.48 Å². The molecule has 6 nitrogen and oxygen atoms in total. The molecule has 21 heavy (non-hydrogen) atoms. The van der Waals surface area contributed by atoms with Crippen molar-refractivity contribution in [3.8, 4) is 11.3 Å². The van der Waals surface area contributed by atoms with E-state index in [2.05, 4.69) is 5.32 Å². The molecule has 0 spiro atoms. The second-order valence-electron chi connectivity index (χ2n) is 4.91. The van der Waals surface area contributed by atoms with E-state index in [1.165, 1.54) is 6.07 Å². The monoisotopic (exact) mass is 286 g/mol. The molecule has 0 bridgehead atoms. The average Bonchev–Trinajstić information content (AvgIpc) is 3.31. The summed E-state index contributed by atoms with van der Waals surface area (Å²) < 4.78 is 5.19. The Morgan fingerprint density at radius 1 is 1.24 bits per heavy atom. The standard InChI is InChI=1S/C15H14N2O4/c18-14(16-10-6-7-10)13-11(17-20)8-12(21-15(13)19)9-4-2-1-3-5-9/h1-5,8,10,17,20H,6-7H2,(H,16,18). The predicted molar refractivity (Wildman–Crippen MR) is 76.3 cm³/mol. The van der Waals surface area contributed by atoms with Crippen molar-refractivity contribution in [1.29, 1.82) is 0 Å². The van der Waals surface area contributed by atoms with Gasteiger partial charge < -0.3 is 9.73 Å². The number of benzene rings is 1. The maximum absolute atomic E-state index is 12.1. The Balaban J connectivity index is 2.02. The van der Waals surface area contributed by atoms with Gasteiger partial charge in [-0.1, -0.05) is 30.3 Å². The smallest absolute Gasteiger partial charge is 0.351 e. The summed E-state index contributed by atoms with van der Waals surface area (Å²) in [6.45, 7) is 0. The Morgan fingerprint density at radius 2 is 1.95 bits per heavy atom. The highest BCUT2D eigenvalue weighted by Crippen LogP contribution is 2.24. The van der Waals surface area contributed by atoms with Gasteiger partial charge >= 0.3 is 5.63 Å². The van der Waals surface area contributed by atoms with Gasteiger partial charge in [0.2, 0.25) is 0 Å². The zero-order valence-corrected chi connectivity index (χ0v) is 11.1. The van der Waals surface area contributed by atoms with Crippen LogP contribution < -0.4 is 16.4 Å². The Labute approximate surface area is 120 Å². The van der Waals surface area contributed by atoms with Crippen LogP contribution in [0, 0.1) is 0 Å². The van der Waals surface area contributed by atoms with E-state index in [1.807, 2.05) is 11.5 Å². The van der Waals surface area contributed by atoms with Crippen LogP contribution in [0.3, 0.4) is 0 Å². The van der Waals surface area contributed by atoms with E-state index in [1.54, 1.807) is 24.3 Å².